The molecule has 0 saturated carbocycles. The van der Waals surface area contributed by atoms with Gasteiger partial charge in [-0.3, -0.25) is 4.99 Å². The van der Waals surface area contributed by atoms with Gasteiger partial charge >= 0.3 is 0 Å². The highest BCUT2D eigenvalue weighted by Gasteiger charge is 2.02. The monoisotopic (exact) mass is 519 g/mol. The maximum atomic E-state index is 6.05. The molecule has 1 aromatic rings. The average Bonchev–Trinajstić information content (AvgIpc) is 2.60. The van der Waals surface area contributed by atoms with Crippen molar-refractivity contribution in [1.29, 1.82) is 0 Å². The first kappa shape index (κ1) is 25.5. The lowest BCUT2D eigenvalue weighted by atomic mass is 10.3. The number of benzene rings is 1. The number of hydrogen-bond acceptors (Lipinski definition) is 4. The predicted molar refractivity (Wildman–Crippen MR) is 119 cm³/mol. The van der Waals surface area contributed by atoms with Crippen LogP contribution in [0, 0.1) is 0 Å². The molecule has 0 amide bonds. The summed E-state index contributed by atoms with van der Waals surface area (Å²) in [5, 5.41) is 7.58. The summed E-state index contributed by atoms with van der Waals surface area (Å²) in [5.74, 6) is 1.41. The smallest absolute Gasteiger partial charge is 0.190 e. The summed E-state index contributed by atoms with van der Waals surface area (Å²) < 4.78 is 16.0. The second-order valence-electron chi connectivity index (χ2n) is 5.16. The van der Waals surface area contributed by atoms with Crippen molar-refractivity contribution in [1.82, 2.24) is 10.6 Å². The number of aliphatic imine (C=N–C) groups is 1. The van der Waals surface area contributed by atoms with Gasteiger partial charge in [0.2, 0.25) is 0 Å². The van der Waals surface area contributed by atoms with Gasteiger partial charge in [-0.15, -0.1) is 24.0 Å². The number of nitrogens with one attached hydrogen (secondary N) is 2. The maximum Gasteiger partial charge on any atom is 0.190 e. The van der Waals surface area contributed by atoms with Crippen LogP contribution in [0.15, 0.2) is 23.2 Å². The van der Waals surface area contributed by atoms with E-state index in [9.17, 15) is 0 Å². The van der Waals surface area contributed by atoms with E-state index in [1.165, 1.54) is 0 Å². The standard InChI is InChI=1S/C17H27Cl2N3O3.HI/c1-20-17(21-7-3-9-24-12-11-23-2)22-8-4-10-25-16-6-5-14(18)13-15(16)19;/h5-6,13H,3-4,7-12H2,1-2H3,(H2,20,21,22);1H. The maximum absolute atomic E-state index is 6.05. The van der Waals surface area contributed by atoms with Crippen LogP contribution in [0.4, 0.5) is 0 Å². The molecule has 0 spiro atoms. The number of nitrogens with zero attached hydrogens (tertiary/aromatic N) is 1. The van der Waals surface area contributed by atoms with E-state index in [0.717, 1.165) is 31.9 Å². The number of hydrogen-bond donors (Lipinski definition) is 2. The number of rotatable bonds is 12. The highest BCUT2D eigenvalue weighted by Crippen LogP contribution is 2.27. The SMILES string of the molecule is CN=C(NCCCOCCOC)NCCCOc1ccc(Cl)cc1Cl.I. The third kappa shape index (κ3) is 12.0. The summed E-state index contributed by atoms with van der Waals surface area (Å²) in [6, 6.07) is 5.19. The minimum Gasteiger partial charge on any atom is -0.492 e. The van der Waals surface area contributed by atoms with E-state index in [0.29, 0.717) is 42.2 Å². The van der Waals surface area contributed by atoms with Crippen molar-refractivity contribution in [3.63, 3.8) is 0 Å². The van der Waals surface area contributed by atoms with Gasteiger partial charge in [0, 0.05) is 38.9 Å². The average molecular weight is 520 g/mol. The van der Waals surface area contributed by atoms with E-state index in [4.69, 9.17) is 37.4 Å². The molecule has 0 aliphatic heterocycles. The van der Waals surface area contributed by atoms with E-state index >= 15 is 0 Å². The molecule has 6 nitrogen and oxygen atoms in total. The Morgan fingerprint density at radius 3 is 2.35 bits per heavy atom. The highest BCUT2D eigenvalue weighted by atomic mass is 127. The number of ether oxygens (including phenoxy) is 3. The Balaban J connectivity index is 0.00000625. The summed E-state index contributed by atoms with van der Waals surface area (Å²) in [5.41, 5.74) is 0. The van der Waals surface area contributed by atoms with Crippen molar-refractivity contribution in [3.05, 3.63) is 28.2 Å². The van der Waals surface area contributed by atoms with Gasteiger partial charge in [0.05, 0.1) is 24.8 Å². The molecule has 0 heterocycles. The summed E-state index contributed by atoms with van der Waals surface area (Å²) in [6.45, 7) is 4.04. The van der Waals surface area contributed by atoms with E-state index in [-0.39, 0.29) is 24.0 Å². The quantitative estimate of drug-likeness (QED) is 0.191. The van der Waals surface area contributed by atoms with Gasteiger partial charge in [-0.2, -0.15) is 0 Å². The van der Waals surface area contributed by atoms with Crippen molar-refractivity contribution >= 4 is 53.1 Å². The molecule has 0 aliphatic rings. The first-order valence-corrected chi connectivity index (χ1v) is 9.02. The lowest BCUT2D eigenvalue weighted by Crippen LogP contribution is -2.38. The zero-order valence-corrected chi connectivity index (χ0v) is 19.1. The van der Waals surface area contributed by atoms with Crippen molar-refractivity contribution in [2.45, 2.75) is 12.8 Å². The van der Waals surface area contributed by atoms with E-state index in [2.05, 4.69) is 15.6 Å². The highest BCUT2D eigenvalue weighted by molar-refractivity contribution is 14.0. The third-order valence-corrected chi connectivity index (χ3v) is 3.71. The van der Waals surface area contributed by atoms with Gasteiger partial charge in [0.1, 0.15) is 5.75 Å². The van der Waals surface area contributed by atoms with Crippen molar-refractivity contribution < 1.29 is 14.2 Å². The molecule has 0 atom stereocenters. The van der Waals surface area contributed by atoms with Gasteiger partial charge in [-0.1, -0.05) is 23.2 Å². The fourth-order valence-electron chi connectivity index (χ4n) is 1.90. The first-order valence-electron chi connectivity index (χ1n) is 8.26. The Hall–Kier alpha value is -0.480. The summed E-state index contributed by atoms with van der Waals surface area (Å²) in [4.78, 5) is 4.17. The molecular weight excluding hydrogens is 492 g/mol. The van der Waals surface area contributed by atoms with Crippen molar-refractivity contribution in [2.75, 3.05) is 53.7 Å². The Bertz CT molecular complexity index is 522. The van der Waals surface area contributed by atoms with Gasteiger partial charge in [-0.25, -0.2) is 0 Å². The number of methoxy groups -OCH3 is 1. The Labute approximate surface area is 183 Å². The molecule has 0 aromatic heterocycles. The van der Waals surface area contributed by atoms with Crippen LogP contribution < -0.4 is 15.4 Å². The number of halogens is 3. The molecule has 26 heavy (non-hydrogen) atoms. The van der Waals surface area contributed by atoms with Gasteiger partial charge < -0.3 is 24.8 Å². The van der Waals surface area contributed by atoms with E-state index in [1.807, 2.05) is 0 Å². The van der Waals surface area contributed by atoms with Crippen LogP contribution in [-0.2, 0) is 9.47 Å². The molecule has 0 radical (unpaired) electrons. The van der Waals surface area contributed by atoms with Crippen molar-refractivity contribution in [2.24, 2.45) is 4.99 Å². The Morgan fingerprint density at radius 2 is 1.73 bits per heavy atom. The Morgan fingerprint density at radius 1 is 1.04 bits per heavy atom. The van der Waals surface area contributed by atoms with Crippen LogP contribution in [0.5, 0.6) is 5.75 Å². The summed E-state index contributed by atoms with van der Waals surface area (Å²) >= 11 is 11.9. The molecular formula is C17H28Cl2IN3O3. The summed E-state index contributed by atoms with van der Waals surface area (Å²) in [7, 11) is 3.41. The third-order valence-electron chi connectivity index (χ3n) is 3.18. The minimum absolute atomic E-state index is 0. The second kappa shape index (κ2) is 16.7. The molecule has 9 heteroatoms. The molecule has 0 bridgehead atoms. The largest absolute Gasteiger partial charge is 0.492 e. The fourth-order valence-corrected chi connectivity index (χ4v) is 2.36. The number of guanidine groups is 1. The van der Waals surface area contributed by atoms with Gasteiger partial charge in [0.15, 0.2) is 5.96 Å². The normalized spacial score (nSPS) is 11.0. The van der Waals surface area contributed by atoms with Crippen LogP contribution in [0.3, 0.4) is 0 Å². The molecule has 1 aromatic carbocycles. The van der Waals surface area contributed by atoms with Gasteiger partial charge in [-0.05, 0) is 31.0 Å². The van der Waals surface area contributed by atoms with E-state index < -0.39 is 0 Å². The van der Waals surface area contributed by atoms with Crippen LogP contribution in [0.2, 0.25) is 10.0 Å². The minimum atomic E-state index is 0. The van der Waals surface area contributed by atoms with Crippen LogP contribution in [0.25, 0.3) is 0 Å². The van der Waals surface area contributed by atoms with Gasteiger partial charge in [0.25, 0.3) is 0 Å². The molecule has 0 aliphatic carbocycles. The topological polar surface area (TPSA) is 64.1 Å². The molecule has 0 unspecified atom stereocenters. The molecule has 2 N–H and O–H groups in total. The fraction of sp³-hybridized carbons (Fsp3) is 0.588. The first-order chi connectivity index (χ1) is 12.2. The van der Waals surface area contributed by atoms with Crippen LogP contribution in [-0.4, -0.2) is 59.6 Å². The molecule has 1 rings (SSSR count). The van der Waals surface area contributed by atoms with Crippen molar-refractivity contribution in [3.8, 4) is 5.75 Å². The lowest BCUT2D eigenvalue weighted by molar-refractivity contribution is 0.0698. The predicted octanol–water partition coefficient (Wildman–Crippen LogP) is 3.60. The molecule has 0 fully saturated rings. The molecule has 0 saturated heterocycles. The zero-order valence-electron chi connectivity index (χ0n) is 15.2. The van der Waals surface area contributed by atoms with E-state index in [1.54, 1.807) is 32.4 Å². The summed E-state index contributed by atoms with van der Waals surface area (Å²) in [6.07, 6.45) is 1.72. The second-order valence-corrected chi connectivity index (χ2v) is 6.00. The van der Waals surface area contributed by atoms with Crippen LogP contribution >= 0.6 is 47.2 Å². The van der Waals surface area contributed by atoms with Crippen LogP contribution in [0.1, 0.15) is 12.8 Å². The molecule has 150 valence electrons. The Kier molecular flexibility index (Phi) is 16.4. The lowest BCUT2D eigenvalue weighted by Gasteiger charge is -2.12. The zero-order chi connectivity index (χ0) is 18.3.